The van der Waals surface area contributed by atoms with Crippen LogP contribution in [0.3, 0.4) is 0 Å². The molecule has 1 aliphatic heterocycles. The molecule has 1 aliphatic rings. The van der Waals surface area contributed by atoms with Gasteiger partial charge in [-0.2, -0.15) is 0 Å². The van der Waals surface area contributed by atoms with Crippen LogP contribution in [0.2, 0.25) is 0 Å². The molecule has 0 spiro atoms. The first-order valence-electron chi connectivity index (χ1n) is 5.15. The number of hydrogen-bond acceptors (Lipinski definition) is 1. The quantitative estimate of drug-likeness (QED) is 0.671. The summed E-state index contributed by atoms with van der Waals surface area (Å²) in [4.78, 5) is 13.6. The van der Waals surface area contributed by atoms with Crippen LogP contribution in [0.4, 0.5) is 5.69 Å². The van der Waals surface area contributed by atoms with Crippen molar-refractivity contribution in [2.24, 2.45) is 0 Å². The highest BCUT2D eigenvalue weighted by atomic mass is 35.5. The van der Waals surface area contributed by atoms with Crippen LogP contribution in [0.5, 0.6) is 0 Å². The third-order valence-electron chi connectivity index (χ3n) is 2.82. The summed E-state index contributed by atoms with van der Waals surface area (Å²) in [6, 6.07) is 8.02. The largest absolute Gasteiger partial charge is 0.310 e. The molecule has 2 unspecified atom stereocenters. The number of fused-ring (bicyclic) bond motifs is 1. The zero-order valence-electron chi connectivity index (χ0n) is 8.90. The van der Waals surface area contributed by atoms with Crippen LogP contribution < -0.4 is 4.90 Å². The summed E-state index contributed by atoms with van der Waals surface area (Å²) in [5, 5.41) is -0.455. The minimum Gasteiger partial charge on any atom is -0.310 e. The van der Waals surface area contributed by atoms with Crippen molar-refractivity contribution >= 4 is 23.2 Å². The summed E-state index contributed by atoms with van der Waals surface area (Å²) in [5.41, 5.74) is 2.26. The van der Waals surface area contributed by atoms with Crippen LogP contribution in [0.15, 0.2) is 24.3 Å². The number of anilines is 1. The first kappa shape index (κ1) is 10.5. The number of hydrogen-bond donors (Lipinski definition) is 0. The van der Waals surface area contributed by atoms with Crippen LogP contribution in [0.1, 0.15) is 25.3 Å². The van der Waals surface area contributed by atoms with Crippen molar-refractivity contribution in [2.45, 2.75) is 25.1 Å². The normalized spacial score (nSPS) is 21.3. The number of alkyl halides is 1. The number of halogens is 1. The molecule has 3 heteroatoms. The van der Waals surface area contributed by atoms with Crippen LogP contribution in [0.25, 0.3) is 0 Å². The molecule has 0 saturated heterocycles. The van der Waals surface area contributed by atoms with Crippen molar-refractivity contribution in [1.82, 2.24) is 0 Å². The highest BCUT2D eigenvalue weighted by Gasteiger charge is 2.30. The molecule has 0 saturated carbocycles. The SMILES string of the molecule is CC(Cl)C(=O)N1CC(C)c2ccccc21. The molecular weight excluding hydrogens is 210 g/mol. The maximum atomic E-state index is 11.8. The first-order chi connectivity index (χ1) is 7.11. The van der Waals surface area contributed by atoms with Gasteiger partial charge >= 0.3 is 0 Å². The molecule has 1 heterocycles. The number of rotatable bonds is 1. The van der Waals surface area contributed by atoms with Gasteiger partial charge in [0.05, 0.1) is 0 Å². The lowest BCUT2D eigenvalue weighted by Gasteiger charge is -2.18. The monoisotopic (exact) mass is 223 g/mol. The van der Waals surface area contributed by atoms with Gasteiger partial charge in [0.15, 0.2) is 0 Å². The van der Waals surface area contributed by atoms with Gasteiger partial charge in [0.2, 0.25) is 5.91 Å². The Bertz CT molecular complexity index is 389. The predicted molar refractivity (Wildman–Crippen MR) is 62.5 cm³/mol. The molecule has 0 aromatic heterocycles. The standard InChI is InChI=1S/C12H14ClNO/c1-8-7-14(12(15)9(2)13)11-6-4-3-5-10(8)11/h3-6,8-9H,7H2,1-2H3. The summed E-state index contributed by atoms with van der Waals surface area (Å²) in [6.45, 7) is 4.59. The summed E-state index contributed by atoms with van der Waals surface area (Å²) < 4.78 is 0. The molecule has 80 valence electrons. The van der Waals surface area contributed by atoms with E-state index < -0.39 is 5.38 Å². The van der Waals surface area contributed by atoms with E-state index in [1.807, 2.05) is 18.2 Å². The minimum atomic E-state index is -0.455. The number of carbonyl (C=O) groups excluding carboxylic acids is 1. The van der Waals surface area contributed by atoms with Crippen molar-refractivity contribution in [1.29, 1.82) is 0 Å². The van der Waals surface area contributed by atoms with E-state index in [2.05, 4.69) is 13.0 Å². The Morgan fingerprint density at radius 1 is 1.53 bits per heavy atom. The Labute approximate surface area is 94.8 Å². The van der Waals surface area contributed by atoms with Gasteiger partial charge in [-0.15, -0.1) is 11.6 Å². The van der Waals surface area contributed by atoms with E-state index in [4.69, 9.17) is 11.6 Å². The van der Waals surface area contributed by atoms with Gasteiger partial charge < -0.3 is 4.90 Å². The number of nitrogens with zero attached hydrogens (tertiary/aromatic N) is 1. The molecule has 0 N–H and O–H groups in total. The molecule has 1 aromatic carbocycles. The number of carbonyl (C=O) groups is 1. The molecule has 1 amide bonds. The van der Waals surface area contributed by atoms with Crippen molar-refractivity contribution in [3.8, 4) is 0 Å². The fraction of sp³-hybridized carbons (Fsp3) is 0.417. The molecule has 0 aliphatic carbocycles. The van der Waals surface area contributed by atoms with E-state index in [1.54, 1.807) is 11.8 Å². The zero-order valence-corrected chi connectivity index (χ0v) is 9.66. The van der Waals surface area contributed by atoms with Gasteiger partial charge in [-0.05, 0) is 18.6 Å². The Hall–Kier alpha value is -1.02. The summed E-state index contributed by atoms with van der Waals surface area (Å²) in [7, 11) is 0. The van der Waals surface area contributed by atoms with Crippen molar-refractivity contribution in [3.63, 3.8) is 0 Å². The van der Waals surface area contributed by atoms with E-state index in [-0.39, 0.29) is 5.91 Å². The highest BCUT2D eigenvalue weighted by molar-refractivity contribution is 6.32. The minimum absolute atomic E-state index is 0.00605. The second-order valence-corrected chi connectivity index (χ2v) is 4.68. The Balaban J connectivity index is 2.36. The van der Waals surface area contributed by atoms with E-state index >= 15 is 0 Å². The number of amides is 1. The van der Waals surface area contributed by atoms with Gasteiger partial charge in [0.1, 0.15) is 5.38 Å². The van der Waals surface area contributed by atoms with Crippen LogP contribution in [-0.2, 0) is 4.79 Å². The lowest BCUT2D eigenvalue weighted by atomic mass is 10.0. The molecule has 15 heavy (non-hydrogen) atoms. The fourth-order valence-corrected chi connectivity index (χ4v) is 2.16. The fourth-order valence-electron chi connectivity index (χ4n) is 2.04. The molecule has 0 bridgehead atoms. The van der Waals surface area contributed by atoms with Crippen molar-refractivity contribution in [2.75, 3.05) is 11.4 Å². The van der Waals surface area contributed by atoms with E-state index in [1.165, 1.54) is 5.56 Å². The summed E-state index contributed by atoms with van der Waals surface area (Å²) in [5.74, 6) is 0.397. The number of para-hydroxylation sites is 1. The summed E-state index contributed by atoms with van der Waals surface area (Å²) in [6.07, 6.45) is 0. The van der Waals surface area contributed by atoms with E-state index in [0.29, 0.717) is 5.92 Å². The smallest absolute Gasteiger partial charge is 0.244 e. The maximum absolute atomic E-state index is 11.8. The summed E-state index contributed by atoms with van der Waals surface area (Å²) >= 11 is 5.83. The second kappa shape index (κ2) is 3.86. The molecular formula is C12H14ClNO. The molecule has 2 atom stereocenters. The average molecular weight is 224 g/mol. The van der Waals surface area contributed by atoms with E-state index in [0.717, 1.165) is 12.2 Å². The third-order valence-corrected chi connectivity index (χ3v) is 3.01. The molecule has 1 aromatic rings. The van der Waals surface area contributed by atoms with Gasteiger partial charge in [0.25, 0.3) is 0 Å². The van der Waals surface area contributed by atoms with Crippen LogP contribution >= 0.6 is 11.6 Å². The number of benzene rings is 1. The van der Waals surface area contributed by atoms with Gasteiger partial charge in [-0.3, -0.25) is 4.79 Å². The lowest BCUT2D eigenvalue weighted by molar-refractivity contribution is -0.117. The molecule has 2 rings (SSSR count). The molecule has 0 fully saturated rings. The third kappa shape index (κ3) is 1.74. The Morgan fingerprint density at radius 3 is 2.87 bits per heavy atom. The van der Waals surface area contributed by atoms with Crippen molar-refractivity contribution in [3.05, 3.63) is 29.8 Å². The van der Waals surface area contributed by atoms with Gasteiger partial charge in [-0.25, -0.2) is 0 Å². The zero-order chi connectivity index (χ0) is 11.0. The molecule has 0 radical (unpaired) electrons. The van der Waals surface area contributed by atoms with Crippen molar-refractivity contribution < 1.29 is 4.79 Å². The van der Waals surface area contributed by atoms with Gasteiger partial charge in [0, 0.05) is 18.2 Å². The topological polar surface area (TPSA) is 20.3 Å². The Morgan fingerprint density at radius 2 is 2.20 bits per heavy atom. The van der Waals surface area contributed by atoms with Crippen LogP contribution in [0, 0.1) is 0 Å². The lowest BCUT2D eigenvalue weighted by Crippen LogP contribution is -2.34. The first-order valence-corrected chi connectivity index (χ1v) is 5.59. The Kier molecular flexibility index (Phi) is 2.70. The van der Waals surface area contributed by atoms with E-state index in [9.17, 15) is 4.79 Å². The maximum Gasteiger partial charge on any atom is 0.244 e. The van der Waals surface area contributed by atoms with Crippen LogP contribution in [-0.4, -0.2) is 17.8 Å². The molecule has 2 nitrogen and oxygen atoms in total. The predicted octanol–water partition coefficient (Wildman–Crippen LogP) is 2.76. The second-order valence-electron chi connectivity index (χ2n) is 4.02. The van der Waals surface area contributed by atoms with Gasteiger partial charge in [-0.1, -0.05) is 25.1 Å². The highest BCUT2D eigenvalue weighted by Crippen LogP contribution is 2.36. The average Bonchev–Trinajstić information content (AvgIpc) is 2.56.